The molecule has 0 N–H and O–H groups in total. The maximum Gasteiger partial charge on any atom is 0.303 e. The van der Waals surface area contributed by atoms with E-state index in [2.05, 4.69) is 94.9 Å². The number of hydrogen-bond acceptors (Lipinski definition) is 5. The van der Waals surface area contributed by atoms with Crippen LogP contribution in [-0.2, 0) is 21.6 Å². The fourth-order valence-electron chi connectivity index (χ4n) is 5.18. The molecule has 4 aromatic carbocycles. The molecule has 0 unspecified atom stereocenters. The van der Waals surface area contributed by atoms with Gasteiger partial charge in [0.05, 0.1) is 24.0 Å². The summed E-state index contributed by atoms with van der Waals surface area (Å²) in [5.74, 6) is -0.317. The van der Waals surface area contributed by atoms with E-state index in [4.69, 9.17) is 4.74 Å². The molecular formula is C33H29N3O2. The van der Waals surface area contributed by atoms with Crippen LogP contribution in [0.5, 0.6) is 0 Å². The normalized spacial score (nSPS) is 13.1. The van der Waals surface area contributed by atoms with Gasteiger partial charge in [-0.2, -0.15) is 5.26 Å². The van der Waals surface area contributed by atoms with Gasteiger partial charge >= 0.3 is 5.97 Å². The lowest BCUT2D eigenvalue weighted by atomic mass is 9.76. The number of carbonyl (C=O) groups is 1. The van der Waals surface area contributed by atoms with Crippen LogP contribution in [0.25, 0.3) is 0 Å². The monoisotopic (exact) mass is 499 g/mol. The summed E-state index contributed by atoms with van der Waals surface area (Å²) in [5, 5.41) is 9.20. The number of nitriles is 1. The van der Waals surface area contributed by atoms with E-state index in [1.807, 2.05) is 42.5 Å². The van der Waals surface area contributed by atoms with Crippen LogP contribution in [0.2, 0.25) is 0 Å². The molecule has 5 rings (SSSR count). The largest absolute Gasteiger partial charge is 0.459 e. The van der Waals surface area contributed by atoms with Crippen LogP contribution in [0.15, 0.2) is 127 Å². The lowest BCUT2D eigenvalue weighted by Gasteiger charge is -2.44. The first-order valence-electron chi connectivity index (χ1n) is 12.6. The maximum atomic E-state index is 11.8. The first kappa shape index (κ1) is 24.9. The van der Waals surface area contributed by atoms with Crippen LogP contribution in [0, 0.1) is 11.3 Å². The number of benzene rings is 4. The molecule has 0 spiro atoms. The Balaban J connectivity index is 1.64. The third-order valence-electron chi connectivity index (χ3n) is 6.92. The van der Waals surface area contributed by atoms with E-state index < -0.39 is 5.54 Å². The Bertz CT molecular complexity index is 1350. The van der Waals surface area contributed by atoms with Crippen molar-refractivity contribution in [3.05, 3.63) is 155 Å². The van der Waals surface area contributed by atoms with Crippen molar-refractivity contribution < 1.29 is 9.53 Å². The molecule has 5 heteroatoms. The molecule has 188 valence electrons. The summed E-state index contributed by atoms with van der Waals surface area (Å²) in [6.45, 7) is 2.80. The fourth-order valence-corrected chi connectivity index (χ4v) is 5.18. The van der Waals surface area contributed by atoms with Crippen LogP contribution >= 0.6 is 0 Å². The molecule has 4 aromatic rings. The highest BCUT2D eigenvalue weighted by atomic mass is 16.5. The van der Waals surface area contributed by atoms with Crippen LogP contribution < -0.4 is 0 Å². The van der Waals surface area contributed by atoms with E-state index >= 15 is 0 Å². The van der Waals surface area contributed by atoms with E-state index in [0.29, 0.717) is 18.8 Å². The standard InChI is InChI=1S/C33H29N3O2/c1-26(37)38-24-32-23-36(25-35(32)22-28-19-17-27(21-34)18-20-28)33(29-11-5-2-6-12-29,30-13-7-3-8-14-30)31-15-9-4-10-16-31/h2-20,23H,22,24-25H2,1H3. The summed E-state index contributed by atoms with van der Waals surface area (Å²) in [5.41, 5.74) is 5.41. The zero-order valence-corrected chi connectivity index (χ0v) is 21.3. The molecule has 0 radical (unpaired) electrons. The topological polar surface area (TPSA) is 56.6 Å². The van der Waals surface area contributed by atoms with E-state index in [-0.39, 0.29) is 12.6 Å². The first-order valence-corrected chi connectivity index (χ1v) is 12.6. The number of nitrogens with zero attached hydrogens (tertiary/aromatic N) is 3. The Morgan fingerprint density at radius 2 is 1.32 bits per heavy atom. The van der Waals surface area contributed by atoms with Crippen molar-refractivity contribution in [2.24, 2.45) is 0 Å². The molecule has 0 amide bonds. The minimum Gasteiger partial charge on any atom is -0.459 e. The molecular weight excluding hydrogens is 470 g/mol. The zero-order valence-electron chi connectivity index (χ0n) is 21.3. The predicted molar refractivity (Wildman–Crippen MR) is 147 cm³/mol. The second kappa shape index (κ2) is 11.1. The van der Waals surface area contributed by atoms with Crippen molar-refractivity contribution >= 4 is 5.97 Å². The van der Waals surface area contributed by atoms with Crippen molar-refractivity contribution in [1.82, 2.24) is 9.80 Å². The highest BCUT2D eigenvalue weighted by Crippen LogP contribution is 2.44. The number of carbonyl (C=O) groups excluding carboxylic acids is 1. The molecule has 1 aliphatic heterocycles. The molecule has 0 saturated carbocycles. The summed E-state index contributed by atoms with van der Waals surface area (Å²) in [4.78, 5) is 16.3. The molecule has 38 heavy (non-hydrogen) atoms. The summed E-state index contributed by atoms with van der Waals surface area (Å²) in [6.07, 6.45) is 2.12. The predicted octanol–water partition coefficient (Wildman–Crippen LogP) is 6.03. The maximum absolute atomic E-state index is 11.8. The zero-order chi connectivity index (χ0) is 26.4. The Labute approximate surface area is 223 Å². The van der Waals surface area contributed by atoms with Crippen molar-refractivity contribution in [3.63, 3.8) is 0 Å². The summed E-state index contributed by atoms with van der Waals surface area (Å²) in [6, 6.07) is 41.4. The average Bonchev–Trinajstić information content (AvgIpc) is 3.37. The quantitative estimate of drug-likeness (QED) is 0.219. The number of ether oxygens (including phenoxy) is 1. The molecule has 0 fully saturated rings. The Hall–Kier alpha value is -4.82. The van der Waals surface area contributed by atoms with Crippen molar-refractivity contribution in [1.29, 1.82) is 5.26 Å². The van der Waals surface area contributed by atoms with Crippen molar-refractivity contribution in [3.8, 4) is 6.07 Å². The van der Waals surface area contributed by atoms with Gasteiger partial charge in [0, 0.05) is 19.7 Å². The lowest BCUT2D eigenvalue weighted by molar-refractivity contribution is -0.140. The highest BCUT2D eigenvalue weighted by Gasteiger charge is 2.44. The average molecular weight is 500 g/mol. The number of hydrogen-bond donors (Lipinski definition) is 0. The van der Waals surface area contributed by atoms with E-state index in [1.54, 1.807) is 0 Å². The molecule has 0 aliphatic carbocycles. The van der Waals surface area contributed by atoms with E-state index in [9.17, 15) is 10.1 Å². The second-order valence-corrected chi connectivity index (χ2v) is 9.33. The summed E-state index contributed by atoms with van der Waals surface area (Å²) in [7, 11) is 0. The second-order valence-electron chi connectivity index (χ2n) is 9.33. The van der Waals surface area contributed by atoms with Gasteiger partial charge in [0.2, 0.25) is 0 Å². The van der Waals surface area contributed by atoms with Crippen LogP contribution in [0.4, 0.5) is 0 Å². The third kappa shape index (κ3) is 4.89. The SMILES string of the molecule is CC(=O)OCC1=CN(C(c2ccccc2)(c2ccccc2)c2ccccc2)CN1Cc1ccc(C#N)cc1. The molecule has 1 aliphatic rings. The number of esters is 1. The highest BCUT2D eigenvalue weighted by molar-refractivity contribution is 5.66. The first-order chi connectivity index (χ1) is 18.6. The molecule has 0 aromatic heterocycles. The minimum absolute atomic E-state index is 0.177. The molecule has 5 nitrogen and oxygen atoms in total. The number of rotatable bonds is 8. The Morgan fingerprint density at radius 1 is 0.816 bits per heavy atom. The van der Waals surface area contributed by atoms with Gasteiger partial charge in [0.1, 0.15) is 12.1 Å². The van der Waals surface area contributed by atoms with E-state index in [0.717, 1.165) is 28.0 Å². The minimum atomic E-state index is -0.620. The molecule has 0 atom stereocenters. The molecule has 0 bridgehead atoms. The summed E-state index contributed by atoms with van der Waals surface area (Å²) >= 11 is 0. The van der Waals surface area contributed by atoms with Gasteiger partial charge in [-0.05, 0) is 34.4 Å². The Morgan fingerprint density at radius 3 is 1.76 bits per heavy atom. The van der Waals surface area contributed by atoms with Gasteiger partial charge in [-0.25, -0.2) is 0 Å². The van der Waals surface area contributed by atoms with Crippen LogP contribution in [0.1, 0.15) is 34.7 Å². The fraction of sp³-hybridized carbons (Fsp3) is 0.152. The van der Waals surface area contributed by atoms with Crippen LogP contribution in [0.3, 0.4) is 0 Å². The Kier molecular flexibility index (Phi) is 7.24. The van der Waals surface area contributed by atoms with Gasteiger partial charge in [-0.15, -0.1) is 0 Å². The molecule has 1 heterocycles. The van der Waals surface area contributed by atoms with Gasteiger partial charge < -0.3 is 14.5 Å². The lowest BCUT2D eigenvalue weighted by Crippen LogP contribution is -2.46. The smallest absolute Gasteiger partial charge is 0.303 e. The van der Waals surface area contributed by atoms with E-state index in [1.165, 1.54) is 6.92 Å². The summed E-state index contributed by atoms with van der Waals surface area (Å²) < 4.78 is 5.49. The van der Waals surface area contributed by atoms with Gasteiger partial charge in [-0.3, -0.25) is 4.79 Å². The van der Waals surface area contributed by atoms with Gasteiger partial charge in [0.25, 0.3) is 0 Å². The molecule has 0 saturated heterocycles. The van der Waals surface area contributed by atoms with Gasteiger partial charge in [0.15, 0.2) is 0 Å². The third-order valence-corrected chi connectivity index (χ3v) is 6.92. The van der Waals surface area contributed by atoms with Crippen molar-refractivity contribution in [2.45, 2.75) is 19.0 Å². The van der Waals surface area contributed by atoms with Crippen molar-refractivity contribution in [2.75, 3.05) is 13.3 Å². The van der Waals surface area contributed by atoms with Crippen LogP contribution in [-0.4, -0.2) is 29.0 Å². The van der Waals surface area contributed by atoms with Gasteiger partial charge in [-0.1, -0.05) is 103 Å².